The van der Waals surface area contributed by atoms with Crippen LogP contribution >= 0.6 is 0 Å². The van der Waals surface area contributed by atoms with Gasteiger partial charge in [-0.25, -0.2) is 0 Å². The molecule has 3 rings (SSSR count). The average Bonchev–Trinajstić information content (AvgIpc) is 2.61. The second kappa shape index (κ2) is 6.97. The number of rotatable bonds is 4. The lowest BCUT2D eigenvalue weighted by Crippen LogP contribution is -2.44. The Morgan fingerprint density at radius 3 is 2.54 bits per heavy atom. The van der Waals surface area contributed by atoms with Crippen molar-refractivity contribution < 1.29 is 9.90 Å². The van der Waals surface area contributed by atoms with Crippen LogP contribution < -0.4 is 10.9 Å². The molecule has 1 aromatic carbocycles. The largest absolute Gasteiger partial charge is 0.388 e. The molecule has 2 aromatic rings. The quantitative estimate of drug-likeness (QED) is 0.799. The molecule has 0 saturated heterocycles. The number of carbonyl (C=O) groups excluding carboxylic acids is 1. The predicted octanol–water partition coefficient (Wildman–Crippen LogP) is 1.86. The van der Waals surface area contributed by atoms with Gasteiger partial charge in [-0.2, -0.15) is 0 Å². The smallest absolute Gasteiger partial charge is 0.266 e. The monoisotopic (exact) mass is 327 g/mol. The highest BCUT2D eigenvalue weighted by molar-refractivity contribution is 5.94. The summed E-state index contributed by atoms with van der Waals surface area (Å²) >= 11 is 0. The highest BCUT2D eigenvalue weighted by Gasteiger charge is 2.29. The fraction of sp³-hybridized carbons (Fsp3) is 0.389. The topological polar surface area (TPSA) is 95.1 Å². The fourth-order valence-corrected chi connectivity index (χ4v) is 3.06. The Labute approximate surface area is 140 Å². The van der Waals surface area contributed by atoms with Crippen LogP contribution in [0.25, 0.3) is 11.3 Å². The molecule has 0 spiro atoms. The van der Waals surface area contributed by atoms with E-state index in [1.807, 2.05) is 0 Å². The van der Waals surface area contributed by atoms with Crippen molar-refractivity contribution in [2.45, 2.75) is 37.7 Å². The van der Waals surface area contributed by atoms with Crippen molar-refractivity contribution in [2.75, 3.05) is 6.54 Å². The van der Waals surface area contributed by atoms with Gasteiger partial charge in [0.2, 0.25) is 0 Å². The summed E-state index contributed by atoms with van der Waals surface area (Å²) in [5.74, 6) is -0.208. The van der Waals surface area contributed by atoms with Crippen molar-refractivity contribution in [1.82, 2.24) is 15.3 Å². The third-order valence-corrected chi connectivity index (χ3v) is 4.47. The lowest BCUT2D eigenvalue weighted by atomic mass is 9.85. The van der Waals surface area contributed by atoms with Crippen molar-refractivity contribution in [3.05, 3.63) is 52.6 Å². The Morgan fingerprint density at radius 1 is 1.17 bits per heavy atom. The molecule has 0 aliphatic heterocycles. The fourth-order valence-electron chi connectivity index (χ4n) is 3.06. The molecule has 1 aliphatic carbocycles. The number of carbonyl (C=O) groups is 1. The minimum absolute atomic E-state index is 0.208. The third kappa shape index (κ3) is 3.89. The van der Waals surface area contributed by atoms with E-state index in [4.69, 9.17) is 0 Å². The van der Waals surface area contributed by atoms with Gasteiger partial charge in [0.25, 0.3) is 11.5 Å². The van der Waals surface area contributed by atoms with Gasteiger partial charge < -0.3 is 15.4 Å². The number of aromatic nitrogens is 2. The molecule has 24 heavy (non-hydrogen) atoms. The number of benzene rings is 1. The number of hydrogen-bond acceptors (Lipinski definition) is 4. The first-order valence-corrected chi connectivity index (χ1v) is 8.21. The van der Waals surface area contributed by atoms with Gasteiger partial charge in [0.05, 0.1) is 23.7 Å². The molecule has 1 fully saturated rings. The van der Waals surface area contributed by atoms with Gasteiger partial charge in [-0.05, 0) is 30.5 Å². The number of aliphatic hydroxyl groups is 1. The number of aromatic amines is 1. The van der Waals surface area contributed by atoms with Crippen molar-refractivity contribution in [3.63, 3.8) is 0 Å². The minimum Gasteiger partial charge on any atom is -0.388 e. The maximum Gasteiger partial charge on any atom is 0.266 e. The lowest BCUT2D eigenvalue weighted by Gasteiger charge is -2.32. The van der Waals surface area contributed by atoms with Gasteiger partial charge in [-0.1, -0.05) is 31.4 Å². The van der Waals surface area contributed by atoms with E-state index >= 15 is 0 Å². The Morgan fingerprint density at radius 2 is 1.88 bits per heavy atom. The van der Waals surface area contributed by atoms with Crippen molar-refractivity contribution >= 4 is 5.91 Å². The molecule has 1 heterocycles. The summed E-state index contributed by atoms with van der Waals surface area (Å²) in [6, 6.07) is 6.91. The molecule has 1 saturated carbocycles. The van der Waals surface area contributed by atoms with Crippen LogP contribution in [0.5, 0.6) is 0 Å². The van der Waals surface area contributed by atoms with E-state index in [1.165, 1.54) is 6.20 Å². The zero-order chi connectivity index (χ0) is 17.0. The highest BCUT2D eigenvalue weighted by Crippen LogP contribution is 2.27. The number of H-pyrrole nitrogens is 1. The van der Waals surface area contributed by atoms with Crippen LogP contribution in [0.1, 0.15) is 42.5 Å². The number of nitrogens with one attached hydrogen (secondary N) is 2. The highest BCUT2D eigenvalue weighted by atomic mass is 16.3. The first-order chi connectivity index (χ1) is 11.6. The number of nitrogens with zero attached hydrogens (tertiary/aromatic N) is 1. The minimum atomic E-state index is -0.775. The van der Waals surface area contributed by atoms with E-state index in [-0.39, 0.29) is 18.0 Å². The lowest BCUT2D eigenvalue weighted by molar-refractivity contribution is 0.00526. The van der Waals surface area contributed by atoms with Gasteiger partial charge in [0.1, 0.15) is 0 Å². The molecule has 1 aliphatic rings. The van der Waals surface area contributed by atoms with E-state index in [1.54, 1.807) is 30.5 Å². The molecule has 3 N–H and O–H groups in total. The summed E-state index contributed by atoms with van der Waals surface area (Å²) in [6.07, 6.45) is 7.40. The molecular weight excluding hydrogens is 306 g/mol. The second-order valence-corrected chi connectivity index (χ2v) is 6.36. The predicted molar refractivity (Wildman–Crippen MR) is 90.7 cm³/mol. The van der Waals surface area contributed by atoms with E-state index in [0.29, 0.717) is 11.3 Å². The Balaban J connectivity index is 1.64. The Kier molecular flexibility index (Phi) is 4.76. The van der Waals surface area contributed by atoms with Crippen molar-refractivity contribution in [3.8, 4) is 11.3 Å². The third-order valence-electron chi connectivity index (χ3n) is 4.47. The summed E-state index contributed by atoms with van der Waals surface area (Å²) in [6.45, 7) is 0.281. The molecule has 126 valence electrons. The van der Waals surface area contributed by atoms with Crippen LogP contribution in [0.2, 0.25) is 0 Å². The maximum atomic E-state index is 12.2. The summed E-state index contributed by atoms with van der Waals surface area (Å²) in [5.41, 5.74) is 0.858. The molecule has 0 unspecified atom stereocenters. The zero-order valence-electron chi connectivity index (χ0n) is 13.4. The van der Waals surface area contributed by atoms with Crippen LogP contribution in [0.15, 0.2) is 41.5 Å². The summed E-state index contributed by atoms with van der Waals surface area (Å²) in [7, 11) is 0. The standard InChI is InChI=1S/C18H21N3O3/c22-16-11-19-10-15(21-16)13-4-6-14(7-5-13)17(23)20-12-18(24)8-2-1-3-9-18/h4-7,10-11,24H,1-3,8-9,12H2,(H,20,23)(H,21,22). The maximum absolute atomic E-state index is 12.2. The van der Waals surface area contributed by atoms with E-state index in [2.05, 4.69) is 15.3 Å². The SMILES string of the molecule is O=C(NCC1(O)CCCCC1)c1ccc(-c2cncc(=O)[nH]2)cc1. The normalized spacial score (nSPS) is 16.5. The summed E-state index contributed by atoms with van der Waals surface area (Å²) < 4.78 is 0. The van der Waals surface area contributed by atoms with Crippen molar-refractivity contribution in [1.29, 1.82) is 0 Å². The van der Waals surface area contributed by atoms with Gasteiger partial charge in [0, 0.05) is 12.1 Å². The van der Waals surface area contributed by atoms with Gasteiger partial charge in [-0.15, -0.1) is 0 Å². The van der Waals surface area contributed by atoms with Crippen molar-refractivity contribution in [2.24, 2.45) is 0 Å². The van der Waals surface area contributed by atoms with E-state index in [9.17, 15) is 14.7 Å². The molecule has 0 atom stereocenters. The first kappa shape index (κ1) is 16.4. The Hall–Kier alpha value is -2.47. The van der Waals surface area contributed by atoms with Crippen LogP contribution in [0.3, 0.4) is 0 Å². The molecule has 6 nitrogen and oxygen atoms in total. The van der Waals surface area contributed by atoms with Gasteiger partial charge in [0.15, 0.2) is 0 Å². The van der Waals surface area contributed by atoms with Gasteiger partial charge >= 0.3 is 0 Å². The molecule has 0 bridgehead atoms. The van der Waals surface area contributed by atoms with E-state index in [0.717, 1.165) is 37.7 Å². The second-order valence-electron chi connectivity index (χ2n) is 6.36. The average molecular weight is 327 g/mol. The van der Waals surface area contributed by atoms with E-state index < -0.39 is 5.60 Å². The van der Waals surface area contributed by atoms with Crippen LogP contribution in [0, 0.1) is 0 Å². The molecule has 6 heteroatoms. The first-order valence-electron chi connectivity index (χ1n) is 8.21. The molecule has 0 radical (unpaired) electrons. The van der Waals surface area contributed by atoms with Crippen LogP contribution in [0.4, 0.5) is 0 Å². The number of amides is 1. The summed E-state index contributed by atoms with van der Waals surface area (Å²) in [5, 5.41) is 13.2. The van der Waals surface area contributed by atoms with Crippen LogP contribution in [-0.4, -0.2) is 33.1 Å². The summed E-state index contributed by atoms with van der Waals surface area (Å²) in [4.78, 5) is 30.1. The molecular formula is C18H21N3O3. The van der Waals surface area contributed by atoms with Gasteiger partial charge in [-0.3, -0.25) is 14.6 Å². The zero-order valence-corrected chi connectivity index (χ0v) is 13.4. The number of hydrogen-bond donors (Lipinski definition) is 3. The Bertz CT molecular complexity index is 762. The van der Waals surface area contributed by atoms with Crippen LogP contribution in [-0.2, 0) is 0 Å². The molecule has 1 aromatic heterocycles. The molecule has 1 amide bonds.